The highest BCUT2D eigenvalue weighted by Crippen LogP contribution is 2.22. The maximum atomic E-state index is 12.5. The SMILES string of the molecule is Cc1ccccc1C(C)NS(=O)(=O)c1c(C)n[nH]c1C. The average molecular weight is 293 g/mol. The van der Waals surface area contributed by atoms with Crippen LogP contribution in [-0.4, -0.2) is 18.6 Å². The van der Waals surface area contributed by atoms with Crippen LogP contribution >= 0.6 is 0 Å². The fourth-order valence-electron chi connectivity index (χ4n) is 2.36. The zero-order valence-electron chi connectivity index (χ0n) is 12.1. The van der Waals surface area contributed by atoms with Crippen molar-refractivity contribution in [3.05, 3.63) is 46.8 Å². The molecule has 1 aromatic carbocycles. The van der Waals surface area contributed by atoms with Gasteiger partial charge in [-0.1, -0.05) is 24.3 Å². The number of aromatic amines is 1. The van der Waals surface area contributed by atoms with Crippen molar-refractivity contribution in [3.63, 3.8) is 0 Å². The molecule has 1 unspecified atom stereocenters. The number of aryl methyl sites for hydroxylation is 3. The number of rotatable bonds is 4. The third-order valence-corrected chi connectivity index (χ3v) is 5.12. The Morgan fingerprint density at radius 2 is 1.85 bits per heavy atom. The summed E-state index contributed by atoms with van der Waals surface area (Å²) < 4.78 is 27.6. The van der Waals surface area contributed by atoms with E-state index in [2.05, 4.69) is 14.9 Å². The highest BCUT2D eigenvalue weighted by atomic mass is 32.2. The van der Waals surface area contributed by atoms with E-state index in [9.17, 15) is 8.42 Å². The third-order valence-electron chi connectivity index (χ3n) is 3.32. The predicted molar refractivity (Wildman–Crippen MR) is 78.0 cm³/mol. The smallest absolute Gasteiger partial charge is 0.244 e. The standard InChI is InChI=1S/C14H19N3O2S/c1-9-7-5-6-8-13(9)10(2)17-20(18,19)14-11(3)15-16-12(14)4/h5-8,10,17H,1-4H3,(H,15,16). The first-order chi connectivity index (χ1) is 9.33. The molecule has 1 heterocycles. The van der Waals surface area contributed by atoms with E-state index in [1.807, 2.05) is 38.1 Å². The number of benzene rings is 1. The van der Waals surface area contributed by atoms with Crippen molar-refractivity contribution in [3.8, 4) is 0 Å². The second kappa shape index (κ2) is 5.38. The van der Waals surface area contributed by atoms with Gasteiger partial charge in [0.2, 0.25) is 10.0 Å². The molecule has 5 nitrogen and oxygen atoms in total. The minimum Gasteiger partial charge on any atom is -0.281 e. The van der Waals surface area contributed by atoms with Crippen LogP contribution in [0.3, 0.4) is 0 Å². The van der Waals surface area contributed by atoms with Gasteiger partial charge in [-0.2, -0.15) is 5.10 Å². The summed E-state index contributed by atoms with van der Waals surface area (Å²) in [6, 6.07) is 7.44. The Kier molecular flexibility index (Phi) is 3.96. The topological polar surface area (TPSA) is 74.8 Å². The second-order valence-corrected chi connectivity index (χ2v) is 6.61. The summed E-state index contributed by atoms with van der Waals surface area (Å²) in [5.41, 5.74) is 3.05. The van der Waals surface area contributed by atoms with Gasteiger partial charge in [-0.15, -0.1) is 0 Å². The van der Waals surface area contributed by atoms with Gasteiger partial charge in [0.1, 0.15) is 4.90 Å². The molecule has 20 heavy (non-hydrogen) atoms. The third kappa shape index (κ3) is 2.76. The quantitative estimate of drug-likeness (QED) is 0.908. The van der Waals surface area contributed by atoms with E-state index in [-0.39, 0.29) is 10.9 Å². The molecule has 0 bridgehead atoms. The summed E-state index contributed by atoms with van der Waals surface area (Å²) in [4.78, 5) is 0.234. The molecule has 108 valence electrons. The van der Waals surface area contributed by atoms with Gasteiger partial charge in [0.25, 0.3) is 0 Å². The van der Waals surface area contributed by atoms with E-state index in [1.54, 1.807) is 13.8 Å². The molecule has 0 amide bonds. The first kappa shape index (κ1) is 14.7. The van der Waals surface area contributed by atoms with Crippen LogP contribution in [0.5, 0.6) is 0 Å². The van der Waals surface area contributed by atoms with Gasteiger partial charge in [-0.3, -0.25) is 5.10 Å². The van der Waals surface area contributed by atoms with Gasteiger partial charge in [-0.25, -0.2) is 13.1 Å². The van der Waals surface area contributed by atoms with Gasteiger partial charge in [0.15, 0.2) is 0 Å². The number of sulfonamides is 1. The Morgan fingerprint density at radius 3 is 2.40 bits per heavy atom. The molecule has 0 saturated heterocycles. The largest absolute Gasteiger partial charge is 0.281 e. The van der Waals surface area contributed by atoms with E-state index >= 15 is 0 Å². The molecule has 0 aliphatic carbocycles. The number of hydrogen-bond donors (Lipinski definition) is 2. The van der Waals surface area contributed by atoms with E-state index in [0.29, 0.717) is 11.4 Å². The van der Waals surface area contributed by atoms with E-state index in [1.165, 1.54) is 0 Å². The summed E-state index contributed by atoms with van der Waals surface area (Å²) in [6.45, 7) is 7.18. The van der Waals surface area contributed by atoms with Crippen LogP contribution in [-0.2, 0) is 10.0 Å². The lowest BCUT2D eigenvalue weighted by atomic mass is 10.0. The molecule has 2 aromatic rings. The van der Waals surface area contributed by atoms with Crippen LogP contribution < -0.4 is 4.72 Å². The number of nitrogens with zero attached hydrogens (tertiary/aromatic N) is 1. The highest BCUT2D eigenvalue weighted by Gasteiger charge is 2.24. The van der Waals surface area contributed by atoms with Gasteiger partial charge in [0.05, 0.1) is 11.4 Å². The molecule has 0 radical (unpaired) electrons. The number of aromatic nitrogens is 2. The average Bonchev–Trinajstić information content (AvgIpc) is 2.69. The first-order valence-electron chi connectivity index (χ1n) is 6.42. The molecule has 2 rings (SSSR count). The fourth-order valence-corrected chi connectivity index (χ4v) is 3.96. The van der Waals surface area contributed by atoms with Crippen molar-refractivity contribution in [2.45, 2.75) is 38.6 Å². The maximum Gasteiger partial charge on any atom is 0.244 e. The van der Waals surface area contributed by atoms with Crippen molar-refractivity contribution < 1.29 is 8.42 Å². The number of nitrogens with one attached hydrogen (secondary N) is 2. The van der Waals surface area contributed by atoms with Crippen LogP contribution in [0.2, 0.25) is 0 Å². The summed E-state index contributed by atoms with van der Waals surface area (Å²) >= 11 is 0. The molecule has 2 N–H and O–H groups in total. The van der Waals surface area contributed by atoms with Crippen molar-refractivity contribution in [2.75, 3.05) is 0 Å². The fraction of sp³-hybridized carbons (Fsp3) is 0.357. The zero-order chi connectivity index (χ0) is 14.9. The first-order valence-corrected chi connectivity index (χ1v) is 7.90. The van der Waals surface area contributed by atoms with Crippen molar-refractivity contribution in [1.29, 1.82) is 0 Å². The maximum absolute atomic E-state index is 12.5. The monoisotopic (exact) mass is 293 g/mol. The summed E-state index contributed by atoms with van der Waals surface area (Å²) in [5.74, 6) is 0. The Labute approximate surface area is 119 Å². The predicted octanol–water partition coefficient (Wildman–Crippen LogP) is 2.37. The Bertz CT molecular complexity index is 700. The number of H-pyrrole nitrogens is 1. The van der Waals surface area contributed by atoms with Crippen molar-refractivity contribution in [1.82, 2.24) is 14.9 Å². The lowest BCUT2D eigenvalue weighted by Gasteiger charge is -2.16. The minimum atomic E-state index is -3.59. The molecular formula is C14H19N3O2S. The Balaban J connectivity index is 2.32. The molecule has 1 aromatic heterocycles. The van der Waals surface area contributed by atoms with Gasteiger partial charge in [0, 0.05) is 6.04 Å². The summed E-state index contributed by atoms with van der Waals surface area (Å²) in [5, 5.41) is 6.63. The van der Waals surface area contributed by atoms with Crippen LogP contribution in [0, 0.1) is 20.8 Å². The van der Waals surface area contributed by atoms with E-state index < -0.39 is 10.0 Å². The van der Waals surface area contributed by atoms with E-state index in [0.717, 1.165) is 11.1 Å². The Morgan fingerprint density at radius 1 is 1.20 bits per heavy atom. The number of hydrogen-bond acceptors (Lipinski definition) is 3. The van der Waals surface area contributed by atoms with Crippen LogP contribution in [0.1, 0.15) is 35.5 Å². The van der Waals surface area contributed by atoms with E-state index in [4.69, 9.17) is 0 Å². The minimum absolute atomic E-state index is 0.234. The summed E-state index contributed by atoms with van der Waals surface area (Å²) in [6.07, 6.45) is 0. The van der Waals surface area contributed by atoms with Gasteiger partial charge in [-0.05, 0) is 38.8 Å². The molecule has 0 aliphatic heterocycles. The van der Waals surface area contributed by atoms with Crippen molar-refractivity contribution >= 4 is 10.0 Å². The Hall–Kier alpha value is -1.66. The molecule has 0 saturated carbocycles. The van der Waals surface area contributed by atoms with Crippen LogP contribution in [0.4, 0.5) is 0 Å². The highest BCUT2D eigenvalue weighted by molar-refractivity contribution is 7.89. The van der Waals surface area contributed by atoms with Crippen LogP contribution in [0.25, 0.3) is 0 Å². The molecule has 0 aliphatic rings. The van der Waals surface area contributed by atoms with Crippen LogP contribution in [0.15, 0.2) is 29.2 Å². The molecule has 6 heteroatoms. The normalized spacial score (nSPS) is 13.4. The second-order valence-electron chi connectivity index (χ2n) is 4.96. The molecule has 0 fully saturated rings. The lowest BCUT2D eigenvalue weighted by molar-refractivity contribution is 0.565. The lowest BCUT2D eigenvalue weighted by Crippen LogP contribution is -2.28. The molecule has 0 spiro atoms. The van der Waals surface area contributed by atoms with Gasteiger partial charge < -0.3 is 0 Å². The molecule has 1 atom stereocenters. The molecular weight excluding hydrogens is 274 g/mol. The van der Waals surface area contributed by atoms with Crippen molar-refractivity contribution in [2.24, 2.45) is 0 Å². The van der Waals surface area contributed by atoms with Gasteiger partial charge >= 0.3 is 0 Å². The zero-order valence-corrected chi connectivity index (χ0v) is 12.9. The summed E-state index contributed by atoms with van der Waals surface area (Å²) in [7, 11) is -3.59.